The fraction of sp³-hybridized carbons (Fsp3) is 0.320. The summed E-state index contributed by atoms with van der Waals surface area (Å²) in [5.74, 6) is 1.11. The van der Waals surface area contributed by atoms with E-state index in [2.05, 4.69) is 52.7 Å². The van der Waals surface area contributed by atoms with Gasteiger partial charge < -0.3 is 10.1 Å². The molecule has 4 heteroatoms. The number of fused-ring (bicyclic) bond motifs is 1. The van der Waals surface area contributed by atoms with Crippen molar-refractivity contribution < 1.29 is 9.53 Å². The average molecular weight is 389 g/mol. The zero-order valence-electron chi connectivity index (χ0n) is 16.7. The van der Waals surface area contributed by atoms with Crippen molar-refractivity contribution in [3.05, 3.63) is 78.4 Å². The summed E-state index contributed by atoms with van der Waals surface area (Å²) in [6, 6.07) is 24.8. The molecule has 0 aromatic heterocycles. The maximum atomic E-state index is 12.5. The molecule has 1 N–H and O–H groups in total. The largest absolute Gasteiger partial charge is 0.492 e. The van der Waals surface area contributed by atoms with Crippen LogP contribution in [-0.4, -0.2) is 37.0 Å². The van der Waals surface area contributed by atoms with Gasteiger partial charge in [-0.2, -0.15) is 0 Å². The summed E-state index contributed by atoms with van der Waals surface area (Å²) in [6.45, 7) is 3.93. The highest BCUT2D eigenvalue weighted by Crippen LogP contribution is 2.21. The molecule has 3 aromatic rings. The molecule has 1 saturated heterocycles. The zero-order valence-corrected chi connectivity index (χ0v) is 16.7. The molecule has 0 saturated carbocycles. The molecular weight excluding hydrogens is 360 g/mol. The number of carbonyl (C=O) groups is 1. The minimum Gasteiger partial charge on any atom is -0.492 e. The van der Waals surface area contributed by atoms with E-state index >= 15 is 0 Å². The molecule has 29 heavy (non-hydrogen) atoms. The zero-order chi connectivity index (χ0) is 19.9. The van der Waals surface area contributed by atoms with Crippen molar-refractivity contribution >= 4 is 16.7 Å². The SMILES string of the molecule is O=C(NCCOc1ccc2ccccc2c1)C1CCN(Cc2ccccc2)CC1. The first kappa shape index (κ1) is 19.5. The van der Waals surface area contributed by atoms with Crippen LogP contribution in [-0.2, 0) is 11.3 Å². The van der Waals surface area contributed by atoms with E-state index in [0.29, 0.717) is 13.2 Å². The van der Waals surface area contributed by atoms with E-state index in [1.54, 1.807) is 0 Å². The summed E-state index contributed by atoms with van der Waals surface area (Å²) in [6.07, 6.45) is 1.84. The van der Waals surface area contributed by atoms with E-state index in [9.17, 15) is 4.79 Å². The minimum absolute atomic E-state index is 0.114. The molecule has 150 valence electrons. The van der Waals surface area contributed by atoms with Gasteiger partial charge >= 0.3 is 0 Å². The Morgan fingerprint density at radius 3 is 2.45 bits per heavy atom. The Morgan fingerprint density at radius 2 is 1.66 bits per heavy atom. The molecule has 1 aliphatic heterocycles. The van der Waals surface area contributed by atoms with Crippen LogP contribution in [0.1, 0.15) is 18.4 Å². The first-order valence-electron chi connectivity index (χ1n) is 10.4. The minimum atomic E-state index is 0.114. The Balaban J connectivity index is 1.16. The van der Waals surface area contributed by atoms with E-state index in [1.807, 2.05) is 30.3 Å². The molecular formula is C25H28N2O2. The number of nitrogens with zero attached hydrogens (tertiary/aromatic N) is 1. The van der Waals surface area contributed by atoms with Gasteiger partial charge in [0, 0.05) is 12.5 Å². The number of piperidine rings is 1. The summed E-state index contributed by atoms with van der Waals surface area (Å²) >= 11 is 0. The van der Waals surface area contributed by atoms with Gasteiger partial charge in [-0.25, -0.2) is 0 Å². The second-order valence-electron chi connectivity index (χ2n) is 7.68. The summed E-state index contributed by atoms with van der Waals surface area (Å²) in [4.78, 5) is 14.9. The molecule has 0 radical (unpaired) electrons. The van der Waals surface area contributed by atoms with Gasteiger partial charge in [-0.3, -0.25) is 9.69 Å². The Hall–Kier alpha value is -2.85. The van der Waals surface area contributed by atoms with Crippen molar-refractivity contribution in [2.75, 3.05) is 26.2 Å². The molecule has 0 spiro atoms. The van der Waals surface area contributed by atoms with Gasteiger partial charge in [-0.05, 0) is 54.4 Å². The second kappa shape index (κ2) is 9.57. The molecule has 0 bridgehead atoms. The van der Waals surface area contributed by atoms with Crippen LogP contribution in [0.25, 0.3) is 10.8 Å². The van der Waals surface area contributed by atoms with E-state index in [-0.39, 0.29) is 11.8 Å². The number of nitrogens with one attached hydrogen (secondary N) is 1. The standard InChI is InChI=1S/C25H28N2O2/c28-25(22-12-15-27(16-13-22)19-20-6-2-1-3-7-20)26-14-17-29-24-11-10-21-8-4-5-9-23(21)18-24/h1-11,18,22H,12-17,19H2,(H,26,28). The van der Waals surface area contributed by atoms with Crippen LogP contribution in [0.4, 0.5) is 0 Å². The van der Waals surface area contributed by atoms with Crippen molar-refractivity contribution in [3.8, 4) is 5.75 Å². The van der Waals surface area contributed by atoms with Gasteiger partial charge in [0.25, 0.3) is 0 Å². The maximum absolute atomic E-state index is 12.5. The summed E-state index contributed by atoms with van der Waals surface area (Å²) < 4.78 is 5.81. The number of ether oxygens (including phenoxy) is 1. The van der Waals surface area contributed by atoms with Crippen LogP contribution in [0, 0.1) is 5.92 Å². The van der Waals surface area contributed by atoms with Gasteiger partial charge in [0.2, 0.25) is 5.91 Å². The van der Waals surface area contributed by atoms with Crippen molar-refractivity contribution in [3.63, 3.8) is 0 Å². The predicted molar refractivity (Wildman–Crippen MR) is 117 cm³/mol. The Kier molecular flexibility index (Phi) is 6.42. The number of amides is 1. The van der Waals surface area contributed by atoms with E-state index < -0.39 is 0 Å². The molecule has 4 rings (SSSR count). The van der Waals surface area contributed by atoms with Crippen LogP contribution >= 0.6 is 0 Å². The van der Waals surface area contributed by atoms with Crippen molar-refractivity contribution in [2.24, 2.45) is 5.92 Å². The van der Waals surface area contributed by atoms with Crippen LogP contribution in [0.5, 0.6) is 5.75 Å². The lowest BCUT2D eigenvalue weighted by Gasteiger charge is -2.31. The van der Waals surface area contributed by atoms with E-state index in [0.717, 1.165) is 43.6 Å². The molecule has 0 aliphatic carbocycles. The number of likely N-dealkylation sites (tertiary alicyclic amines) is 1. The molecule has 1 fully saturated rings. The normalized spacial score (nSPS) is 15.3. The fourth-order valence-electron chi connectivity index (χ4n) is 3.94. The highest BCUT2D eigenvalue weighted by molar-refractivity contribution is 5.83. The number of hydrogen-bond donors (Lipinski definition) is 1. The molecule has 1 heterocycles. The third-order valence-corrected chi connectivity index (χ3v) is 5.60. The van der Waals surface area contributed by atoms with E-state index in [4.69, 9.17) is 4.74 Å². The highest BCUT2D eigenvalue weighted by Gasteiger charge is 2.24. The van der Waals surface area contributed by atoms with Gasteiger partial charge in [0.15, 0.2) is 0 Å². The lowest BCUT2D eigenvalue weighted by Crippen LogP contribution is -2.41. The van der Waals surface area contributed by atoms with Crippen molar-refractivity contribution in [1.29, 1.82) is 0 Å². The van der Waals surface area contributed by atoms with Crippen LogP contribution < -0.4 is 10.1 Å². The number of hydrogen-bond acceptors (Lipinski definition) is 3. The van der Waals surface area contributed by atoms with Crippen LogP contribution in [0.3, 0.4) is 0 Å². The third-order valence-electron chi connectivity index (χ3n) is 5.60. The van der Waals surface area contributed by atoms with Gasteiger partial charge in [-0.1, -0.05) is 60.7 Å². The molecule has 1 aliphatic rings. The summed E-state index contributed by atoms with van der Waals surface area (Å²) in [5.41, 5.74) is 1.33. The Bertz CT molecular complexity index is 934. The predicted octanol–water partition coefficient (Wildman–Crippen LogP) is 4.25. The van der Waals surface area contributed by atoms with Crippen molar-refractivity contribution in [1.82, 2.24) is 10.2 Å². The second-order valence-corrected chi connectivity index (χ2v) is 7.68. The quantitative estimate of drug-likeness (QED) is 0.616. The fourth-order valence-corrected chi connectivity index (χ4v) is 3.94. The number of benzene rings is 3. The van der Waals surface area contributed by atoms with Crippen LogP contribution in [0.15, 0.2) is 72.8 Å². The topological polar surface area (TPSA) is 41.6 Å². The summed E-state index contributed by atoms with van der Waals surface area (Å²) in [7, 11) is 0. The molecule has 4 nitrogen and oxygen atoms in total. The number of carbonyl (C=O) groups excluding carboxylic acids is 1. The Morgan fingerprint density at radius 1 is 0.931 bits per heavy atom. The van der Waals surface area contributed by atoms with Gasteiger partial charge in [-0.15, -0.1) is 0 Å². The Labute approximate surface area is 172 Å². The molecule has 3 aromatic carbocycles. The summed E-state index contributed by atoms with van der Waals surface area (Å²) in [5, 5.41) is 5.41. The molecule has 1 amide bonds. The average Bonchev–Trinajstić information content (AvgIpc) is 2.78. The highest BCUT2D eigenvalue weighted by atomic mass is 16.5. The van der Waals surface area contributed by atoms with Gasteiger partial charge in [0.1, 0.15) is 12.4 Å². The first-order chi connectivity index (χ1) is 14.3. The van der Waals surface area contributed by atoms with E-state index in [1.165, 1.54) is 10.9 Å². The van der Waals surface area contributed by atoms with Crippen molar-refractivity contribution in [2.45, 2.75) is 19.4 Å². The van der Waals surface area contributed by atoms with Gasteiger partial charge in [0.05, 0.1) is 6.54 Å². The van der Waals surface area contributed by atoms with Crippen LogP contribution in [0.2, 0.25) is 0 Å². The third kappa shape index (κ3) is 5.36. The number of rotatable bonds is 7. The maximum Gasteiger partial charge on any atom is 0.223 e. The first-order valence-corrected chi connectivity index (χ1v) is 10.4. The smallest absolute Gasteiger partial charge is 0.223 e. The molecule has 0 atom stereocenters. The molecule has 0 unspecified atom stereocenters. The lowest BCUT2D eigenvalue weighted by atomic mass is 9.95. The lowest BCUT2D eigenvalue weighted by molar-refractivity contribution is -0.126. The monoisotopic (exact) mass is 388 g/mol.